The fraction of sp³-hybridized carbons (Fsp3) is 0.241. The number of ether oxygens (including phenoxy) is 2. The molecule has 0 fully saturated rings. The number of nitrogens with one attached hydrogen (secondary N) is 1. The normalized spacial score (nSPS) is 12.1. The van der Waals surface area contributed by atoms with Crippen LogP contribution in [-0.2, 0) is 4.79 Å². The summed E-state index contributed by atoms with van der Waals surface area (Å²) in [6, 6.07) is 14.4. The molecule has 4 aromatic rings. The largest absolute Gasteiger partial charge is 0.490 e. The second kappa shape index (κ2) is 13.4. The lowest BCUT2D eigenvalue weighted by Crippen LogP contribution is -2.23. The molecule has 3 aromatic carbocycles. The number of hydrogen-bond donors (Lipinski definition) is 1. The van der Waals surface area contributed by atoms with Gasteiger partial charge in [-0.05, 0) is 96.1 Å². The molecule has 1 atom stereocenters. The third kappa shape index (κ3) is 7.05. The summed E-state index contributed by atoms with van der Waals surface area (Å²) in [6.07, 6.45) is 2.37. The fourth-order valence-electron chi connectivity index (χ4n) is 3.84. The highest BCUT2D eigenvalue weighted by Gasteiger charge is 2.17. The van der Waals surface area contributed by atoms with Gasteiger partial charge in [-0.15, -0.1) is 0 Å². The predicted molar refractivity (Wildman–Crippen MR) is 166 cm³/mol. The number of carbonyl (C=O) groups is 1. The second-order valence-corrected chi connectivity index (χ2v) is 11.0. The molecular formula is C29H27BrFIN4O4. The van der Waals surface area contributed by atoms with Crippen molar-refractivity contribution < 1.29 is 18.7 Å². The Morgan fingerprint density at radius 2 is 1.93 bits per heavy atom. The van der Waals surface area contributed by atoms with Gasteiger partial charge in [0.1, 0.15) is 11.6 Å². The highest BCUT2D eigenvalue weighted by molar-refractivity contribution is 14.1. The minimum Gasteiger partial charge on any atom is -0.490 e. The summed E-state index contributed by atoms with van der Waals surface area (Å²) < 4.78 is 27.5. The Hall–Kier alpha value is -3.32. The van der Waals surface area contributed by atoms with Crippen molar-refractivity contribution in [3.8, 4) is 11.5 Å². The van der Waals surface area contributed by atoms with Crippen molar-refractivity contribution in [3.63, 3.8) is 0 Å². The summed E-state index contributed by atoms with van der Waals surface area (Å²) >= 11 is 5.52. The number of aromatic nitrogens is 2. The molecule has 0 unspecified atom stereocenters. The first kappa shape index (κ1) is 29.7. The van der Waals surface area contributed by atoms with Crippen LogP contribution in [0.1, 0.15) is 44.5 Å². The Bertz CT molecular complexity index is 1630. The van der Waals surface area contributed by atoms with Crippen molar-refractivity contribution in [3.05, 3.63) is 90.2 Å². The first-order chi connectivity index (χ1) is 19.2. The van der Waals surface area contributed by atoms with E-state index in [0.717, 1.165) is 10.9 Å². The van der Waals surface area contributed by atoms with Crippen LogP contribution in [0, 0.1) is 9.39 Å². The van der Waals surface area contributed by atoms with Crippen LogP contribution in [0.2, 0.25) is 0 Å². The van der Waals surface area contributed by atoms with Gasteiger partial charge >= 0.3 is 0 Å². The molecule has 0 aliphatic rings. The zero-order chi connectivity index (χ0) is 28.8. The van der Waals surface area contributed by atoms with Crippen molar-refractivity contribution in [1.82, 2.24) is 9.66 Å². The first-order valence-corrected chi connectivity index (χ1v) is 14.5. The highest BCUT2D eigenvalue weighted by atomic mass is 127. The molecule has 1 heterocycles. The van der Waals surface area contributed by atoms with Crippen LogP contribution >= 0.6 is 38.5 Å². The van der Waals surface area contributed by atoms with Crippen LogP contribution in [-0.4, -0.2) is 35.0 Å². The van der Waals surface area contributed by atoms with E-state index in [9.17, 15) is 14.0 Å². The second-order valence-electron chi connectivity index (χ2n) is 8.91. The van der Waals surface area contributed by atoms with Gasteiger partial charge in [0.2, 0.25) is 0 Å². The maximum absolute atomic E-state index is 13.4. The Balaban J connectivity index is 1.62. The summed E-state index contributed by atoms with van der Waals surface area (Å²) in [6.45, 7) is 5.98. The third-order valence-electron chi connectivity index (χ3n) is 6.02. The third-order valence-corrected chi connectivity index (χ3v) is 7.31. The van der Waals surface area contributed by atoms with Crippen LogP contribution in [0.25, 0.3) is 10.9 Å². The number of fused-ring (bicyclic) bond motifs is 1. The zero-order valence-electron chi connectivity index (χ0n) is 22.1. The first-order valence-electron chi connectivity index (χ1n) is 12.6. The van der Waals surface area contributed by atoms with Gasteiger partial charge in [-0.3, -0.25) is 9.59 Å². The lowest BCUT2D eigenvalue weighted by molar-refractivity contribution is -0.118. The summed E-state index contributed by atoms with van der Waals surface area (Å²) in [5, 5.41) is 7.66. The number of benzene rings is 3. The lowest BCUT2D eigenvalue weighted by Gasteiger charge is -2.15. The number of halogens is 3. The van der Waals surface area contributed by atoms with Crippen LogP contribution in [0.5, 0.6) is 11.5 Å². The van der Waals surface area contributed by atoms with Crippen molar-refractivity contribution in [2.75, 3.05) is 18.5 Å². The van der Waals surface area contributed by atoms with E-state index in [0.29, 0.717) is 49.7 Å². The van der Waals surface area contributed by atoms with Gasteiger partial charge in [0.05, 0.1) is 27.3 Å². The van der Waals surface area contributed by atoms with E-state index in [1.54, 1.807) is 18.3 Å². The molecule has 0 aliphatic heterocycles. The minimum atomic E-state index is -0.400. The number of nitrogens with zero attached hydrogens (tertiary/aromatic N) is 3. The Kier molecular flexibility index (Phi) is 9.90. The molecule has 0 saturated heterocycles. The van der Waals surface area contributed by atoms with Crippen molar-refractivity contribution in [2.24, 2.45) is 5.10 Å². The number of hydrogen-bond acceptors (Lipinski definition) is 6. The van der Waals surface area contributed by atoms with E-state index in [1.807, 2.05) is 39.0 Å². The molecule has 1 N–H and O–H groups in total. The molecule has 8 nitrogen and oxygen atoms in total. The van der Waals surface area contributed by atoms with Crippen LogP contribution in [0.3, 0.4) is 0 Å². The van der Waals surface area contributed by atoms with Crippen molar-refractivity contribution in [2.45, 2.75) is 33.1 Å². The van der Waals surface area contributed by atoms with E-state index < -0.39 is 5.91 Å². The molecule has 0 spiro atoms. The highest BCUT2D eigenvalue weighted by Crippen LogP contribution is 2.34. The molecule has 0 aliphatic carbocycles. The lowest BCUT2D eigenvalue weighted by atomic mass is 10.1. The number of carbonyl (C=O) groups excluding carboxylic acids is 1. The Morgan fingerprint density at radius 3 is 2.62 bits per heavy atom. The standard InChI is InChI=1S/C29H27BrFIN4O4/c1-4-17(3)28-35-24-11-6-19(30)14-22(24)29(38)36(28)33-15-18-12-23(32)27(25(13-18)39-5-2)40-16-26(37)34-21-9-7-20(31)8-10-21/h6-15,17H,4-5,16H2,1-3H3,(H,34,37)/t17-/m1/s1. The summed E-state index contributed by atoms with van der Waals surface area (Å²) in [4.78, 5) is 30.6. The summed E-state index contributed by atoms with van der Waals surface area (Å²) in [5.41, 5.74) is 1.49. The molecule has 208 valence electrons. The van der Waals surface area contributed by atoms with Gasteiger partial charge in [-0.1, -0.05) is 29.8 Å². The van der Waals surface area contributed by atoms with Crippen LogP contribution in [0.15, 0.2) is 69.0 Å². The monoisotopic (exact) mass is 720 g/mol. The average molecular weight is 721 g/mol. The molecule has 40 heavy (non-hydrogen) atoms. The molecule has 11 heteroatoms. The summed E-state index contributed by atoms with van der Waals surface area (Å²) in [5.74, 6) is 0.630. The Morgan fingerprint density at radius 1 is 1.18 bits per heavy atom. The quantitative estimate of drug-likeness (QED) is 0.145. The smallest absolute Gasteiger partial charge is 0.282 e. The van der Waals surface area contributed by atoms with E-state index >= 15 is 0 Å². The number of rotatable bonds is 10. The predicted octanol–water partition coefficient (Wildman–Crippen LogP) is 6.71. The SMILES string of the molecule is CCOc1cc(C=Nn2c([C@H](C)CC)nc3ccc(Br)cc3c2=O)cc(I)c1OCC(=O)Nc1ccc(F)cc1. The van der Waals surface area contributed by atoms with Crippen LogP contribution in [0.4, 0.5) is 10.1 Å². The molecule has 1 amide bonds. The maximum atomic E-state index is 13.4. The van der Waals surface area contributed by atoms with E-state index in [-0.39, 0.29) is 23.9 Å². The zero-order valence-corrected chi connectivity index (χ0v) is 25.8. The number of anilines is 1. The van der Waals surface area contributed by atoms with Gasteiger partial charge in [0, 0.05) is 16.1 Å². The van der Waals surface area contributed by atoms with E-state index in [4.69, 9.17) is 14.5 Å². The molecule has 0 bridgehead atoms. The molecular weight excluding hydrogens is 694 g/mol. The molecule has 0 radical (unpaired) electrons. The van der Waals surface area contributed by atoms with Crippen molar-refractivity contribution >= 4 is 67.2 Å². The van der Waals surface area contributed by atoms with Crippen molar-refractivity contribution in [1.29, 1.82) is 0 Å². The molecule has 1 aromatic heterocycles. The fourth-order valence-corrected chi connectivity index (χ4v) is 4.98. The van der Waals surface area contributed by atoms with E-state index in [1.165, 1.54) is 28.9 Å². The minimum absolute atomic E-state index is 0.00819. The topological polar surface area (TPSA) is 94.8 Å². The summed E-state index contributed by atoms with van der Waals surface area (Å²) in [7, 11) is 0. The van der Waals surface area contributed by atoms with E-state index in [2.05, 4.69) is 48.9 Å². The van der Waals surface area contributed by atoms with Gasteiger partial charge in [0.25, 0.3) is 11.5 Å². The van der Waals surface area contributed by atoms with Gasteiger partial charge < -0.3 is 14.8 Å². The number of amides is 1. The van der Waals surface area contributed by atoms with Gasteiger partial charge in [-0.25, -0.2) is 9.37 Å². The molecule has 4 rings (SSSR count). The molecule has 0 saturated carbocycles. The van der Waals surface area contributed by atoms with Crippen LogP contribution < -0.4 is 20.3 Å². The van der Waals surface area contributed by atoms with Gasteiger partial charge in [-0.2, -0.15) is 9.78 Å². The maximum Gasteiger partial charge on any atom is 0.282 e. The average Bonchev–Trinajstić information content (AvgIpc) is 2.93. The van der Waals surface area contributed by atoms with Gasteiger partial charge in [0.15, 0.2) is 18.1 Å². The Labute approximate surface area is 252 Å².